The molecule has 1 amide bonds. The first-order chi connectivity index (χ1) is 13.8. The van der Waals surface area contributed by atoms with E-state index < -0.39 is 11.6 Å². The average Bonchev–Trinajstić information content (AvgIpc) is 2.68. The number of anilines is 1. The molecule has 2 aliphatic heterocycles. The van der Waals surface area contributed by atoms with Crippen molar-refractivity contribution in [2.24, 2.45) is 5.92 Å². The van der Waals surface area contributed by atoms with Crippen LogP contribution in [0.4, 0.5) is 5.69 Å². The van der Waals surface area contributed by atoms with E-state index in [1.165, 1.54) is 0 Å². The highest BCUT2D eigenvalue weighted by atomic mass is 32.1. The predicted octanol–water partition coefficient (Wildman–Crippen LogP) is 3.25. The number of amides is 1. The molecule has 0 saturated carbocycles. The summed E-state index contributed by atoms with van der Waals surface area (Å²) >= 11 is 5.77. The van der Waals surface area contributed by atoms with Gasteiger partial charge in [0.25, 0.3) is 0 Å². The maximum absolute atomic E-state index is 13.4. The number of aryl methyl sites for hydroxylation is 1. The monoisotopic (exact) mass is 411 g/mol. The average molecular weight is 412 g/mol. The van der Waals surface area contributed by atoms with Crippen molar-refractivity contribution in [3.05, 3.63) is 53.6 Å². The Labute approximate surface area is 176 Å². The van der Waals surface area contributed by atoms with E-state index in [9.17, 15) is 4.79 Å². The third-order valence-corrected chi connectivity index (χ3v) is 6.07. The van der Waals surface area contributed by atoms with E-state index in [4.69, 9.17) is 21.7 Å². The first-order valence-electron chi connectivity index (χ1n) is 9.52. The van der Waals surface area contributed by atoms with Crippen LogP contribution in [-0.2, 0) is 4.79 Å². The molecule has 6 nitrogen and oxygen atoms in total. The Morgan fingerprint density at radius 3 is 2.66 bits per heavy atom. The number of thiocarbonyl (C=S) groups is 1. The van der Waals surface area contributed by atoms with Gasteiger partial charge in [0.1, 0.15) is 17.4 Å². The molecule has 2 bridgehead atoms. The first kappa shape index (κ1) is 19.5. The van der Waals surface area contributed by atoms with Crippen molar-refractivity contribution in [1.29, 1.82) is 0 Å². The zero-order valence-corrected chi connectivity index (χ0v) is 18.0. The van der Waals surface area contributed by atoms with Crippen molar-refractivity contribution in [2.45, 2.75) is 25.6 Å². The Bertz CT molecular complexity index is 993. The molecule has 0 spiro atoms. The van der Waals surface area contributed by atoms with Gasteiger partial charge < -0.3 is 19.7 Å². The molecule has 0 radical (unpaired) electrons. The molecule has 29 heavy (non-hydrogen) atoms. The van der Waals surface area contributed by atoms with Gasteiger partial charge in [-0.05, 0) is 55.9 Å². The SMILES string of the molecule is COc1ccc2c(c1)C1NC(=S)N(c3ccccc3C)C(C)(O2)C1C(=O)N(C)C. The van der Waals surface area contributed by atoms with Crippen molar-refractivity contribution in [3.63, 3.8) is 0 Å². The van der Waals surface area contributed by atoms with Gasteiger partial charge >= 0.3 is 0 Å². The second-order valence-corrected chi connectivity index (χ2v) is 8.21. The Morgan fingerprint density at radius 2 is 2.00 bits per heavy atom. The molecule has 2 heterocycles. The molecule has 2 aromatic carbocycles. The molecule has 0 aliphatic carbocycles. The number of hydrogen-bond donors (Lipinski definition) is 1. The Hall–Kier alpha value is -2.80. The molecule has 2 aromatic rings. The van der Waals surface area contributed by atoms with E-state index >= 15 is 0 Å². The van der Waals surface area contributed by atoms with Crippen molar-refractivity contribution >= 4 is 28.9 Å². The second kappa shape index (κ2) is 6.91. The van der Waals surface area contributed by atoms with Crippen LogP contribution in [-0.4, -0.2) is 42.8 Å². The molecule has 2 aliphatic rings. The fourth-order valence-electron chi connectivity index (χ4n) is 4.32. The van der Waals surface area contributed by atoms with E-state index in [-0.39, 0.29) is 11.9 Å². The standard InChI is InChI=1S/C22H25N3O3S/c1-13-8-6-7-9-16(13)25-21(29)23-19-15-12-14(27-5)10-11-17(15)28-22(25,2)18(19)20(26)24(3)4/h6-12,18-19H,1-5H3,(H,23,29). The molecular formula is C22H25N3O3S. The summed E-state index contributed by atoms with van der Waals surface area (Å²) in [5.41, 5.74) is 1.85. The topological polar surface area (TPSA) is 54.0 Å². The van der Waals surface area contributed by atoms with Crippen LogP contribution >= 0.6 is 12.2 Å². The number of nitrogens with one attached hydrogen (secondary N) is 1. The Morgan fingerprint density at radius 1 is 1.28 bits per heavy atom. The minimum absolute atomic E-state index is 0.0282. The molecular weight excluding hydrogens is 386 g/mol. The third kappa shape index (κ3) is 2.92. The molecule has 1 fully saturated rings. The lowest BCUT2D eigenvalue weighted by molar-refractivity contribution is -0.144. The largest absolute Gasteiger partial charge is 0.497 e. The van der Waals surface area contributed by atoms with Crippen LogP contribution in [0.5, 0.6) is 11.5 Å². The van der Waals surface area contributed by atoms with Gasteiger partial charge in [-0.25, -0.2) is 0 Å². The molecule has 152 valence electrons. The van der Waals surface area contributed by atoms with Crippen LogP contribution in [0, 0.1) is 12.8 Å². The summed E-state index contributed by atoms with van der Waals surface area (Å²) in [6.07, 6.45) is 0. The fourth-order valence-corrected chi connectivity index (χ4v) is 4.73. The first-order valence-corrected chi connectivity index (χ1v) is 9.93. The summed E-state index contributed by atoms with van der Waals surface area (Å²) in [6.45, 7) is 3.97. The van der Waals surface area contributed by atoms with Crippen LogP contribution in [0.3, 0.4) is 0 Å². The number of fused-ring (bicyclic) bond motifs is 4. The number of carbonyl (C=O) groups excluding carboxylic acids is 1. The van der Waals surface area contributed by atoms with Crippen molar-refractivity contribution in [1.82, 2.24) is 10.2 Å². The highest BCUT2D eigenvalue weighted by Crippen LogP contribution is 2.51. The van der Waals surface area contributed by atoms with Gasteiger partial charge in [-0.15, -0.1) is 0 Å². The lowest BCUT2D eigenvalue weighted by atomic mass is 9.78. The van der Waals surface area contributed by atoms with Crippen LogP contribution in [0.2, 0.25) is 0 Å². The van der Waals surface area contributed by atoms with Crippen molar-refractivity contribution in [3.8, 4) is 11.5 Å². The minimum atomic E-state index is -0.984. The van der Waals surface area contributed by atoms with E-state index in [0.29, 0.717) is 10.9 Å². The molecule has 4 rings (SSSR count). The van der Waals surface area contributed by atoms with Gasteiger partial charge in [-0.1, -0.05) is 18.2 Å². The van der Waals surface area contributed by atoms with Crippen LogP contribution in [0.1, 0.15) is 24.1 Å². The lowest BCUT2D eigenvalue weighted by Crippen LogP contribution is -2.72. The molecule has 3 unspecified atom stereocenters. The highest BCUT2D eigenvalue weighted by Gasteiger charge is 2.59. The number of rotatable bonds is 3. The summed E-state index contributed by atoms with van der Waals surface area (Å²) in [6, 6.07) is 13.3. The normalized spacial score (nSPS) is 24.9. The predicted molar refractivity (Wildman–Crippen MR) is 116 cm³/mol. The molecule has 0 aromatic heterocycles. The Kier molecular flexibility index (Phi) is 4.65. The highest BCUT2D eigenvalue weighted by molar-refractivity contribution is 7.80. The van der Waals surface area contributed by atoms with E-state index in [1.54, 1.807) is 26.1 Å². The third-order valence-electron chi connectivity index (χ3n) is 5.77. The number of carbonyl (C=O) groups is 1. The van der Waals surface area contributed by atoms with Gasteiger partial charge in [0.2, 0.25) is 5.91 Å². The minimum Gasteiger partial charge on any atom is -0.497 e. The van der Waals surface area contributed by atoms with Gasteiger partial charge in [0.15, 0.2) is 10.8 Å². The number of hydrogen-bond acceptors (Lipinski definition) is 4. The zero-order valence-electron chi connectivity index (χ0n) is 17.2. The summed E-state index contributed by atoms with van der Waals surface area (Å²) in [5.74, 6) is 0.888. The van der Waals surface area contributed by atoms with Crippen LogP contribution < -0.4 is 19.7 Å². The van der Waals surface area contributed by atoms with E-state index in [0.717, 1.165) is 22.6 Å². The summed E-state index contributed by atoms with van der Waals surface area (Å²) in [7, 11) is 5.15. The molecule has 3 atom stereocenters. The molecule has 7 heteroatoms. The Balaban J connectivity index is 1.93. The summed E-state index contributed by atoms with van der Waals surface area (Å²) in [5, 5.41) is 3.95. The van der Waals surface area contributed by atoms with Gasteiger partial charge in [-0.3, -0.25) is 9.69 Å². The van der Waals surface area contributed by atoms with Crippen molar-refractivity contribution in [2.75, 3.05) is 26.1 Å². The smallest absolute Gasteiger partial charge is 0.233 e. The number of benzene rings is 2. The number of ether oxygens (including phenoxy) is 2. The number of para-hydroxylation sites is 1. The van der Waals surface area contributed by atoms with E-state index in [2.05, 4.69) is 5.32 Å². The summed E-state index contributed by atoms with van der Waals surface area (Å²) in [4.78, 5) is 16.9. The fraction of sp³-hybridized carbons (Fsp3) is 0.364. The maximum atomic E-state index is 13.4. The van der Waals surface area contributed by atoms with Gasteiger partial charge in [0.05, 0.1) is 13.2 Å². The van der Waals surface area contributed by atoms with Crippen LogP contribution in [0.25, 0.3) is 0 Å². The molecule has 1 saturated heterocycles. The zero-order chi connectivity index (χ0) is 20.9. The maximum Gasteiger partial charge on any atom is 0.233 e. The second-order valence-electron chi connectivity index (χ2n) is 7.82. The van der Waals surface area contributed by atoms with E-state index in [1.807, 2.05) is 61.2 Å². The summed E-state index contributed by atoms with van der Waals surface area (Å²) < 4.78 is 12.0. The van der Waals surface area contributed by atoms with Gasteiger partial charge in [0, 0.05) is 25.3 Å². The number of methoxy groups -OCH3 is 1. The molecule has 1 N–H and O–H groups in total. The van der Waals surface area contributed by atoms with Gasteiger partial charge in [-0.2, -0.15) is 0 Å². The number of nitrogens with zero attached hydrogens (tertiary/aromatic N) is 2. The quantitative estimate of drug-likeness (QED) is 0.783. The van der Waals surface area contributed by atoms with Crippen molar-refractivity contribution < 1.29 is 14.3 Å². The van der Waals surface area contributed by atoms with Crippen LogP contribution in [0.15, 0.2) is 42.5 Å². The lowest BCUT2D eigenvalue weighted by Gasteiger charge is -2.56.